The number of hydrogen-bond acceptors (Lipinski definition) is 7. The van der Waals surface area contributed by atoms with E-state index in [4.69, 9.17) is 5.26 Å². The normalized spacial score (nSPS) is 16.4. The molecule has 0 aliphatic carbocycles. The maximum absolute atomic E-state index is 14.1. The number of aromatic nitrogens is 3. The lowest BCUT2D eigenvalue weighted by Crippen LogP contribution is -2.45. The van der Waals surface area contributed by atoms with Gasteiger partial charge in [0.2, 0.25) is 11.9 Å². The summed E-state index contributed by atoms with van der Waals surface area (Å²) in [5.74, 6) is -0.816. The molecule has 3 heterocycles. The highest BCUT2D eigenvalue weighted by Gasteiger charge is 2.24. The summed E-state index contributed by atoms with van der Waals surface area (Å²) in [4.78, 5) is 35.6. The third kappa shape index (κ3) is 4.58. The summed E-state index contributed by atoms with van der Waals surface area (Å²) in [6.45, 7) is 0.944. The Morgan fingerprint density at radius 3 is 3.15 bits per heavy atom. The molecular formula is C17H18FN7O2. The highest BCUT2D eigenvalue weighted by atomic mass is 19.1. The predicted octanol–water partition coefficient (Wildman–Crippen LogP) is 1.36. The van der Waals surface area contributed by atoms with Crippen molar-refractivity contribution in [3.05, 3.63) is 40.7 Å². The van der Waals surface area contributed by atoms with E-state index in [-0.39, 0.29) is 41.4 Å². The van der Waals surface area contributed by atoms with Crippen LogP contribution in [0.4, 0.5) is 21.8 Å². The number of hydrogen-bond donors (Lipinski definition) is 3. The minimum Gasteiger partial charge on any atom is -0.363 e. The number of piperidine rings is 1. The van der Waals surface area contributed by atoms with Gasteiger partial charge >= 0.3 is 0 Å². The second-order valence-corrected chi connectivity index (χ2v) is 6.09. The number of aromatic amines is 1. The largest absolute Gasteiger partial charge is 0.363 e. The van der Waals surface area contributed by atoms with Crippen LogP contribution in [0.5, 0.6) is 0 Å². The van der Waals surface area contributed by atoms with Crippen LogP contribution in [0.3, 0.4) is 0 Å². The first kappa shape index (κ1) is 18.3. The number of pyridine rings is 1. The van der Waals surface area contributed by atoms with Crippen LogP contribution < -0.4 is 16.2 Å². The number of rotatable bonds is 5. The highest BCUT2D eigenvalue weighted by Crippen LogP contribution is 2.19. The van der Waals surface area contributed by atoms with E-state index in [0.717, 1.165) is 19.0 Å². The lowest BCUT2D eigenvalue weighted by Gasteiger charge is -2.33. The number of amides is 1. The minimum atomic E-state index is -0.636. The molecule has 1 aliphatic heterocycles. The van der Waals surface area contributed by atoms with Crippen molar-refractivity contribution in [1.29, 1.82) is 5.26 Å². The van der Waals surface area contributed by atoms with Crippen LogP contribution in [0, 0.1) is 17.1 Å². The Hall–Kier alpha value is -3.48. The first-order valence-corrected chi connectivity index (χ1v) is 8.45. The number of halogens is 1. The van der Waals surface area contributed by atoms with Crippen LogP contribution in [0.2, 0.25) is 0 Å². The summed E-state index contributed by atoms with van der Waals surface area (Å²) >= 11 is 0. The molecule has 0 bridgehead atoms. The first-order chi connectivity index (χ1) is 13.1. The zero-order valence-corrected chi connectivity index (χ0v) is 14.4. The Morgan fingerprint density at radius 2 is 2.37 bits per heavy atom. The predicted molar refractivity (Wildman–Crippen MR) is 95.8 cm³/mol. The quantitative estimate of drug-likeness (QED) is 0.724. The molecule has 27 heavy (non-hydrogen) atoms. The molecule has 9 nitrogen and oxygen atoms in total. The van der Waals surface area contributed by atoms with Crippen molar-refractivity contribution in [1.82, 2.24) is 19.9 Å². The first-order valence-electron chi connectivity index (χ1n) is 8.45. The van der Waals surface area contributed by atoms with Crippen LogP contribution >= 0.6 is 0 Å². The van der Waals surface area contributed by atoms with E-state index in [1.807, 2.05) is 6.07 Å². The molecule has 0 radical (unpaired) electrons. The van der Waals surface area contributed by atoms with Crippen molar-refractivity contribution in [2.75, 3.05) is 23.7 Å². The molecule has 1 atom stereocenters. The van der Waals surface area contributed by atoms with Crippen molar-refractivity contribution >= 4 is 23.4 Å². The summed E-state index contributed by atoms with van der Waals surface area (Å²) in [7, 11) is 0. The molecule has 0 spiro atoms. The fourth-order valence-corrected chi connectivity index (χ4v) is 2.86. The number of carbonyl (C=O) groups excluding carboxylic acids is 1. The zero-order valence-electron chi connectivity index (χ0n) is 14.4. The Bertz CT molecular complexity index is 924. The molecule has 10 heteroatoms. The molecule has 3 N–H and O–H groups in total. The highest BCUT2D eigenvalue weighted by molar-refractivity contribution is 5.78. The van der Waals surface area contributed by atoms with E-state index in [2.05, 4.69) is 25.6 Å². The van der Waals surface area contributed by atoms with Crippen molar-refractivity contribution in [3.8, 4) is 6.07 Å². The van der Waals surface area contributed by atoms with Gasteiger partial charge in [-0.15, -0.1) is 0 Å². The molecule has 0 unspecified atom stereocenters. The van der Waals surface area contributed by atoms with Crippen LogP contribution in [0.1, 0.15) is 19.3 Å². The maximum atomic E-state index is 14.1. The van der Waals surface area contributed by atoms with E-state index in [1.165, 1.54) is 6.20 Å². The molecule has 0 saturated carbocycles. The average molecular weight is 371 g/mol. The molecule has 0 aromatic carbocycles. The number of anilines is 3. The molecule has 1 fully saturated rings. The van der Waals surface area contributed by atoms with Crippen LogP contribution in [-0.2, 0) is 4.79 Å². The zero-order chi connectivity index (χ0) is 19.2. The summed E-state index contributed by atoms with van der Waals surface area (Å²) in [5.41, 5.74) is -0.111. The van der Waals surface area contributed by atoms with Gasteiger partial charge in [-0.05, 0) is 25.0 Å². The molecule has 1 amide bonds. The van der Waals surface area contributed by atoms with Gasteiger partial charge in [0.1, 0.15) is 12.1 Å². The molecular weight excluding hydrogens is 353 g/mol. The van der Waals surface area contributed by atoms with Crippen LogP contribution in [0.15, 0.2) is 29.3 Å². The van der Waals surface area contributed by atoms with Gasteiger partial charge in [-0.3, -0.25) is 9.59 Å². The van der Waals surface area contributed by atoms with E-state index in [1.54, 1.807) is 17.0 Å². The van der Waals surface area contributed by atoms with Crippen LogP contribution in [0.25, 0.3) is 0 Å². The van der Waals surface area contributed by atoms with Gasteiger partial charge in [-0.1, -0.05) is 0 Å². The molecule has 1 aliphatic rings. The number of carbonyl (C=O) groups is 1. The van der Waals surface area contributed by atoms with Crippen molar-refractivity contribution in [3.63, 3.8) is 0 Å². The standard InChI is InChI=1S/C17H18FN7O2/c18-12-9-21-17(23-13-4-1-7-20-16(13)27)24-15(12)22-11-3-2-8-25(10-11)14(26)5-6-19/h1,4,7,9,11H,2-3,5,8,10H2,(H,20,27)(H2,21,22,23,24)/t11-/m1/s1. The van der Waals surface area contributed by atoms with E-state index in [0.29, 0.717) is 13.1 Å². The van der Waals surface area contributed by atoms with Gasteiger partial charge in [0.15, 0.2) is 11.6 Å². The Labute approximate surface area is 154 Å². The van der Waals surface area contributed by atoms with Crippen molar-refractivity contribution < 1.29 is 9.18 Å². The number of likely N-dealkylation sites (tertiary alicyclic amines) is 1. The van der Waals surface area contributed by atoms with Crippen molar-refractivity contribution in [2.45, 2.75) is 25.3 Å². The average Bonchev–Trinajstić information content (AvgIpc) is 2.67. The van der Waals surface area contributed by atoms with Gasteiger partial charge in [0, 0.05) is 25.3 Å². The van der Waals surface area contributed by atoms with Crippen LogP contribution in [-0.4, -0.2) is 44.9 Å². The molecule has 1 saturated heterocycles. The molecule has 140 valence electrons. The number of H-pyrrole nitrogens is 1. The second kappa shape index (κ2) is 8.27. The van der Waals surface area contributed by atoms with Gasteiger partial charge in [-0.25, -0.2) is 9.37 Å². The Morgan fingerprint density at radius 1 is 1.52 bits per heavy atom. The van der Waals surface area contributed by atoms with E-state index >= 15 is 0 Å². The third-order valence-electron chi connectivity index (χ3n) is 4.15. The maximum Gasteiger partial charge on any atom is 0.271 e. The van der Waals surface area contributed by atoms with Gasteiger partial charge in [0.05, 0.1) is 12.3 Å². The lowest BCUT2D eigenvalue weighted by atomic mass is 10.1. The minimum absolute atomic E-state index is 0.0144. The molecule has 3 rings (SSSR count). The van der Waals surface area contributed by atoms with E-state index < -0.39 is 5.82 Å². The third-order valence-corrected chi connectivity index (χ3v) is 4.15. The fraction of sp³-hybridized carbons (Fsp3) is 0.353. The number of nitrogens with one attached hydrogen (secondary N) is 3. The SMILES string of the molecule is N#CCC(=O)N1CCC[C@@H](Nc2nc(Nc3ccc[nH]c3=O)ncc2F)C1. The molecule has 2 aromatic rings. The lowest BCUT2D eigenvalue weighted by molar-refractivity contribution is -0.131. The topological polar surface area (TPSA) is 127 Å². The smallest absolute Gasteiger partial charge is 0.271 e. The van der Waals surface area contributed by atoms with Gasteiger partial charge in [-0.2, -0.15) is 10.2 Å². The number of nitriles is 1. The fourth-order valence-electron chi connectivity index (χ4n) is 2.86. The Balaban J connectivity index is 1.71. The number of nitrogens with zero attached hydrogens (tertiary/aromatic N) is 4. The van der Waals surface area contributed by atoms with Crippen molar-refractivity contribution in [2.24, 2.45) is 0 Å². The van der Waals surface area contributed by atoms with Gasteiger partial charge in [0.25, 0.3) is 5.56 Å². The second-order valence-electron chi connectivity index (χ2n) is 6.09. The monoisotopic (exact) mass is 371 g/mol. The van der Waals surface area contributed by atoms with E-state index in [9.17, 15) is 14.0 Å². The summed E-state index contributed by atoms with van der Waals surface area (Å²) < 4.78 is 14.1. The summed E-state index contributed by atoms with van der Waals surface area (Å²) in [6, 6.07) is 4.84. The Kier molecular flexibility index (Phi) is 5.61. The van der Waals surface area contributed by atoms with Gasteiger partial charge < -0.3 is 20.5 Å². The summed E-state index contributed by atoms with van der Waals surface area (Å²) in [6.07, 6.45) is 3.81. The summed E-state index contributed by atoms with van der Waals surface area (Å²) in [5, 5.41) is 14.4. The molecule has 2 aromatic heterocycles.